The van der Waals surface area contributed by atoms with Gasteiger partial charge in [-0.2, -0.15) is 26.3 Å². The molecule has 0 aromatic rings. The van der Waals surface area contributed by atoms with Crippen molar-refractivity contribution in [1.82, 2.24) is 5.32 Å². The van der Waals surface area contributed by atoms with Crippen LogP contribution in [0.15, 0.2) is 0 Å². The molecule has 0 aromatic carbocycles. The largest absolute Gasteiger partial charge is 0.449 e. The van der Waals surface area contributed by atoms with Crippen molar-refractivity contribution >= 4 is 6.09 Å². The third kappa shape index (κ3) is 3.95. The molecule has 0 saturated heterocycles. The van der Waals surface area contributed by atoms with Crippen LogP contribution in [0.3, 0.4) is 0 Å². The summed E-state index contributed by atoms with van der Waals surface area (Å²) in [6.45, 7) is 2.72. The van der Waals surface area contributed by atoms with Gasteiger partial charge in [-0.3, -0.25) is 5.32 Å². The highest BCUT2D eigenvalue weighted by molar-refractivity contribution is 5.68. The maximum Gasteiger partial charge on any atom is 0.420 e. The minimum absolute atomic E-state index is 0.163. The Kier molecular flexibility index (Phi) is 4.90. The van der Waals surface area contributed by atoms with Gasteiger partial charge in [0.15, 0.2) is 0 Å². The predicted octanol–water partition coefficient (Wildman–Crippen LogP) is 3.25. The summed E-state index contributed by atoms with van der Waals surface area (Å²) in [6, 6.07) is 0. The molecular formula is C9H13F6NO2. The SMILES string of the molecule is CC(C)COC(=O)NC(C)(C(F)(F)F)C(F)(F)F. The summed E-state index contributed by atoms with van der Waals surface area (Å²) in [6.07, 6.45) is -13.1. The Bertz CT molecular complexity index is 282. The molecule has 0 saturated carbocycles. The highest BCUT2D eigenvalue weighted by atomic mass is 19.4. The lowest BCUT2D eigenvalue weighted by molar-refractivity contribution is -0.298. The second-order valence-electron chi connectivity index (χ2n) is 4.24. The molecule has 0 fully saturated rings. The summed E-state index contributed by atoms with van der Waals surface area (Å²) in [7, 11) is 0. The van der Waals surface area contributed by atoms with E-state index in [1.165, 1.54) is 0 Å². The van der Waals surface area contributed by atoms with Crippen LogP contribution in [0, 0.1) is 5.92 Å². The van der Waals surface area contributed by atoms with Crippen molar-refractivity contribution in [2.75, 3.05) is 6.61 Å². The molecule has 1 amide bonds. The smallest absolute Gasteiger partial charge is 0.420 e. The number of hydrogen-bond acceptors (Lipinski definition) is 2. The van der Waals surface area contributed by atoms with Crippen LogP contribution in [0.4, 0.5) is 31.1 Å². The quantitative estimate of drug-likeness (QED) is 0.806. The third-order valence-electron chi connectivity index (χ3n) is 2.03. The fraction of sp³-hybridized carbons (Fsp3) is 0.889. The Hall–Kier alpha value is -1.15. The molecule has 9 heteroatoms. The van der Waals surface area contributed by atoms with Crippen LogP contribution in [-0.2, 0) is 4.74 Å². The molecule has 0 aromatic heterocycles. The molecule has 0 atom stereocenters. The van der Waals surface area contributed by atoms with Gasteiger partial charge in [0.05, 0.1) is 6.61 Å². The minimum Gasteiger partial charge on any atom is -0.449 e. The van der Waals surface area contributed by atoms with Crippen LogP contribution in [0.5, 0.6) is 0 Å². The number of rotatable bonds is 3. The summed E-state index contributed by atoms with van der Waals surface area (Å²) in [5, 5.41) is 0.817. The number of carbonyl (C=O) groups excluding carboxylic acids is 1. The molecule has 0 radical (unpaired) electrons. The molecule has 0 aliphatic carbocycles. The predicted molar refractivity (Wildman–Crippen MR) is 49.8 cm³/mol. The number of hydrogen-bond donors (Lipinski definition) is 1. The van der Waals surface area contributed by atoms with E-state index in [4.69, 9.17) is 0 Å². The molecule has 3 nitrogen and oxygen atoms in total. The molecule has 0 spiro atoms. The van der Waals surface area contributed by atoms with Gasteiger partial charge in [-0.25, -0.2) is 4.79 Å². The lowest BCUT2D eigenvalue weighted by atomic mass is 10.0. The maximum atomic E-state index is 12.4. The highest BCUT2D eigenvalue weighted by Crippen LogP contribution is 2.42. The molecule has 0 aliphatic heterocycles. The van der Waals surface area contributed by atoms with E-state index >= 15 is 0 Å². The number of nitrogens with one attached hydrogen (secondary N) is 1. The first-order valence-corrected chi connectivity index (χ1v) is 4.89. The van der Waals surface area contributed by atoms with Crippen molar-refractivity contribution in [3.05, 3.63) is 0 Å². The molecule has 18 heavy (non-hydrogen) atoms. The van der Waals surface area contributed by atoms with Gasteiger partial charge in [-0.15, -0.1) is 0 Å². The van der Waals surface area contributed by atoms with Crippen molar-refractivity contribution in [2.24, 2.45) is 5.92 Å². The Morgan fingerprint density at radius 3 is 1.78 bits per heavy atom. The van der Waals surface area contributed by atoms with Gasteiger partial charge in [-0.1, -0.05) is 13.8 Å². The van der Waals surface area contributed by atoms with Gasteiger partial charge in [0.2, 0.25) is 5.54 Å². The van der Waals surface area contributed by atoms with E-state index in [-0.39, 0.29) is 19.4 Å². The van der Waals surface area contributed by atoms with Crippen molar-refractivity contribution in [3.63, 3.8) is 0 Å². The van der Waals surface area contributed by atoms with Crippen LogP contribution >= 0.6 is 0 Å². The van der Waals surface area contributed by atoms with Gasteiger partial charge in [0.25, 0.3) is 0 Å². The van der Waals surface area contributed by atoms with E-state index in [0.29, 0.717) is 0 Å². The molecular weight excluding hydrogens is 268 g/mol. The maximum absolute atomic E-state index is 12.4. The molecule has 0 aliphatic rings. The van der Waals surface area contributed by atoms with E-state index in [1.54, 1.807) is 13.8 Å². The number of halogens is 6. The molecule has 0 rings (SSSR count). The Morgan fingerprint density at radius 2 is 1.50 bits per heavy atom. The van der Waals surface area contributed by atoms with E-state index in [1.807, 2.05) is 0 Å². The zero-order chi connectivity index (χ0) is 14.8. The number of alkyl halides is 6. The van der Waals surface area contributed by atoms with Gasteiger partial charge >= 0.3 is 18.4 Å². The molecule has 0 unspecified atom stereocenters. The van der Waals surface area contributed by atoms with Crippen LogP contribution in [0.2, 0.25) is 0 Å². The third-order valence-corrected chi connectivity index (χ3v) is 2.03. The normalized spacial score (nSPS) is 13.7. The lowest BCUT2D eigenvalue weighted by Gasteiger charge is -2.34. The Morgan fingerprint density at radius 1 is 1.11 bits per heavy atom. The molecule has 0 bridgehead atoms. The van der Waals surface area contributed by atoms with E-state index in [9.17, 15) is 31.1 Å². The topological polar surface area (TPSA) is 38.3 Å². The number of ether oxygens (including phenoxy) is 1. The first-order chi connectivity index (χ1) is 7.81. The zero-order valence-corrected chi connectivity index (χ0v) is 9.87. The first-order valence-electron chi connectivity index (χ1n) is 4.89. The minimum atomic E-state index is -5.68. The van der Waals surface area contributed by atoms with Gasteiger partial charge in [0.1, 0.15) is 0 Å². The number of alkyl carbamates (subject to hydrolysis) is 1. The van der Waals surface area contributed by atoms with Gasteiger partial charge in [0, 0.05) is 0 Å². The summed E-state index contributed by atoms with van der Waals surface area (Å²) < 4.78 is 78.5. The van der Waals surface area contributed by atoms with Crippen LogP contribution in [-0.4, -0.2) is 30.6 Å². The fourth-order valence-corrected chi connectivity index (χ4v) is 0.785. The van der Waals surface area contributed by atoms with E-state index in [2.05, 4.69) is 4.74 Å². The van der Waals surface area contributed by atoms with Gasteiger partial charge < -0.3 is 4.74 Å². The van der Waals surface area contributed by atoms with Crippen molar-refractivity contribution < 1.29 is 35.9 Å². The second kappa shape index (κ2) is 5.23. The van der Waals surface area contributed by atoms with Crippen LogP contribution < -0.4 is 5.32 Å². The van der Waals surface area contributed by atoms with Crippen molar-refractivity contribution in [3.8, 4) is 0 Å². The standard InChI is InChI=1S/C9H13F6NO2/c1-5(2)4-18-6(17)16-7(3,8(10,11)12)9(13,14)15/h5H,4H2,1-3H3,(H,16,17). The average Bonchev–Trinajstić information content (AvgIpc) is 2.10. The summed E-state index contributed by atoms with van der Waals surface area (Å²) in [5.41, 5.74) is -4.34. The highest BCUT2D eigenvalue weighted by Gasteiger charge is 2.69. The summed E-state index contributed by atoms with van der Waals surface area (Å²) >= 11 is 0. The van der Waals surface area contributed by atoms with Crippen molar-refractivity contribution in [2.45, 2.75) is 38.7 Å². The Labute approximate surface area is 99.5 Å². The van der Waals surface area contributed by atoms with Gasteiger partial charge in [-0.05, 0) is 12.8 Å². The van der Waals surface area contributed by atoms with Crippen LogP contribution in [0.25, 0.3) is 0 Å². The first kappa shape index (κ1) is 16.9. The molecule has 108 valence electrons. The van der Waals surface area contributed by atoms with E-state index in [0.717, 1.165) is 5.32 Å². The zero-order valence-electron chi connectivity index (χ0n) is 9.87. The summed E-state index contributed by atoms with van der Waals surface area (Å²) in [4.78, 5) is 10.9. The second-order valence-corrected chi connectivity index (χ2v) is 4.24. The monoisotopic (exact) mass is 281 g/mol. The average molecular weight is 281 g/mol. The lowest BCUT2D eigenvalue weighted by Crippen LogP contribution is -2.65. The number of amides is 1. The van der Waals surface area contributed by atoms with Crippen molar-refractivity contribution in [1.29, 1.82) is 0 Å². The molecule has 1 N–H and O–H groups in total. The molecule has 0 heterocycles. The fourth-order valence-electron chi connectivity index (χ4n) is 0.785. The van der Waals surface area contributed by atoms with Crippen LogP contribution in [0.1, 0.15) is 20.8 Å². The summed E-state index contributed by atoms with van der Waals surface area (Å²) in [5.74, 6) is -0.209. The number of carbonyl (C=O) groups is 1. The Balaban J connectivity index is 4.90. The van der Waals surface area contributed by atoms with E-state index < -0.39 is 24.0 Å².